The Bertz CT molecular complexity index is 151. The highest BCUT2D eigenvalue weighted by Gasteiger charge is 2.19. The van der Waals surface area contributed by atoms with Crippen LogP contribution in [0.3, 0.4) is 0 Å². The Morgan fingerprint density at radius 1 is 1.33 bits per heavy atom. The molecule has 1 heterocycles. The van der Waals surface area contributed by atoms with Crippen LogP contribution in [-0.4, -0.2) is 47.3 Å². The van der Waals surface area contributed by atoms with Gasteiger partial charge in [0.15, 0.2) is 4.30 Å². The minimum Gasteiger partial charge on any atom is -0.332 e. The standard InChI is InChI=1S/C5H10N2O.CHCl3/c1-6-3-5(8)7(2)4-6;2-1(3)4/h3-4H2,1-2H3;1H. The fraction of sp³-hybridized carbons (Fsp3) is 0.833. The van der Waals surface area contributed by atoms with Crippen LogP contribution in [0.25, 0.3) is 0 Å². The molecule has 0 aliphatic carbocycles. The van der Waals surface area contributed by atoms with E-state index >= 15 is 0 Å². The van der Waals surface area contributed by atoms with Gasteiger partial charge in [-0.05, 0) is 7.05 Å². The van der Waals surface area contributed by atoms with Gasteiger partial charge in [0.05, 0.1) is 13.2 Å². The molecular weight excluding hydrogens is 222 g/mol. The number of alkyl halides is 3. The number of halogens is 3. The van der Waals surface area contributed by atoms with E-state index in [-0.39, 0.29) is 5.91 Å². The highest BCUT2D eigenvalue weighted by molar-refractivity contribution is 6.63. The lowest BCUT2D eigenvalue weighted by atomic mass is 10.6. The van der Waals surface area contributed by atoms with E-state index in [9.17, 15) is 4.79 Å². The summed E-state index contributed by atoms with van der Waals surface area (Å²) in [6, 6.07) is 0. The molecular formula is C6H11Cl3N2O. The summed E-state index contributed by atoms with van der Waals surface area (Å²) in [5.74, 6) is 0.215. The van der Waals surface area contributed by atoms with Crippen LogP contribution in [0.15, 0.2) is 0 Å². The fourth-order valence-electron chi connectivity index (χ4n) is 0.843. The van der Waals surface area contributed by atoms with Crippen LogP contribution in [0.5, 0.6) is 0 Å². The van der Waals surface area contributed by atoms with Crippen LogP contribution in [0, 0.1) is 0 Å². The Morgan fingerprint density at radius 2 is 1.75 bits per heavy atom. The molecule has 0 spiro atoms. The van der Waals surface area contributed by atoms with Crippen LogP contribution in [0.4, 0.5) is 0 Å². The lowest BCUT2D eigenvalue weighted by Crippen LogP contribution is -2.20. The van der Waals surface area contributed by atoms with E-state index in [4.69, 9.17) is 34.8 Å². The van der Waals surface area contributed by atoms with Gasteiger partial charge < -0.3 is 4.90 Å². The summed E-state index contributed by atoms with van der Waals surface area (Å²) in [5, 5.41) is 0. The second-order valence-electron chi connectivity index (χ2n) is 2.49. The van der Waals surface area contributed by atoms with Crippen molar-refractivity contribution in [3.05, 3.63) is 0 Å². The zero-order valence-electron chi connectivity index (χ0n) is 6.93. The predicted molar refractivity (Wildman–Crippen MR) is 51.6 cm³/mol. The van der Waals surface area contributed by atoms with Gasteiger partial charge in [0.2, 0.25) is 5.91 Å². The predicted octanol–water partition coefficient (Wildman–Crippen LogP) is 1.33. The Balaban J connectivity index is 0.000000261. The molecule has 6 heteroatoms. The van der Waals surface area contributed by atoms with Crippen molar-refractivity contribution in [3.63, 3.8) is 0 Å². The highest BCUT2D eigenvalue weighted by atomic mass is 35.6. The zero-order chi connectivity index (χ0) is 9.72. The molecule has 1 rings (SSSR count). The molecule has 1 fully saturated rings. The number of hydrogen-bond donors (Lipinski definition) is 0. The first-order valence-corrected chi connectivity index (χ1v) is 4.59. The average Bonchev–Trinajstić information content (AvgIpc) is 2.08. The zero-order valence-corrected chi connectivity index (χ0v) is 9.20. The van der Waals surface area contributed by atoms with Crippen molar-refractivity contribution in [2.45, 2.75) is 4.30 Å². The number of carbonyl (C=O) groups is 1. The molecule has 0 aromatic carbocycles. The first-order valence-electron chi connectivity index (χ1n) is 3.28. The molecule has 72 valence electrons. The minimum atomic E-state index is -0.750. The quantitative estimate of drug-likeness (QED) is 0.590. The number of likely N-dealkylation sites (N-methyl/N-ethyl adjacent to an activating group) is 2. The molecule has 12 heavy (non-hydrogen) atoms. The van der Waals surface area contributed by atoms with Crippen LogP contribution in [0.1, 0.15) is 0 Å². The molecule has 0 atom stereocenters. The fourth-order valence-corrected chi connectivity index (χ4v) is 0.843. The minimum absolute atomic E-state index is 0.215. The second kappa shape index (κ2) is 5.86. The van der Waals surface area contributed by atoms with Crippen LogP contribution in [-0.2, 0) is 4.79 Å². The summed E-state index contributed by atoms with van der Waals surface area (Å²) in [4.78, 5) is 14.4. The van der Waals surface area contributed by atoms with Gasteiger partial charge in [-0.3, -0.25) is 9.69 Å². The molecule has 0 aromatic heterocycles. The second-order valence-corrected chi connectivity index (χ2v) is 4.47. The van der Waals surface area contributed by atoms with Crippen LogP contribution >= 0.6 is 34.8 Å². The summed E-state index contributed by atoms with van der Waals surface area (Å²) < 4.78 is -0.750. The molecule has 0 N–H and O–H groups in total. The van der Waals surface area contributed by atoms with Gasteiger partial charge in [0.1, 0.15) is 0 Å². The van der Waals surface area contributed by atoms with Gasteiger partial charge in [-0.25, -0.2) is 0 Å². The first kappa shape index (κ1) is 12.3. The Labute approximate surface area is 87.2 Å². The van der Waals surface area contributed by atoms with Crippen molar-refractivity contribution in [1.82, 2.24) is 9.80 Å². The molecule has 3 nitrogen and oxygen atoms in total. The van der Waals surface area contributed by atoms with Crippen LogP contribution in [0.2, 0.25) is 0 Å². The van der Waals surface area contributed by atoms with Gasteiger partial charge >= 0.3 is 0 Å². The Hall–Kier alpha value is 0.300. The third kappa shape index (κ3) is 5.89. The highest BCUT2D eigenvalue weighted by Crippen LogP contribution is 2.03. The number of rotatable bonds is 0. The normalized spacial score (nSPS) is 18.2. The van der Waals surface area contributed by atoms with E-state index in [1.807, 2.05) is 19.0 Å². The van der Waals surface area contributed by atoms with E-state index in [1.54, 1.807) is 4.90 Å². The molecule has 1 saturated heterocycles. The van der Waals surface area contributed by atoms with Crippen molar-refractivity contribution in [3.8, 4) is 0 Å². The van der Waals surface area contributed by atoms with Crippen molar-refractivity contribution < 1.29 is 4.79 Å². The van der Waals surface area contributed by atoms with Crippen molar-refractivity contribution in [1.29, 1.82) is 0 Å². The van der Waals surface area contributed by atoms with E-state index in [1.165, 1.54) is 0 Å². The van der Waals surface area contributed by atoms with Gasteiger partial charge in [0, 0.05) is 7.05 Å². The summed E-state index contributed by atoms with van der Waals surface area (Å²) in [6.07, 6.45) is 0. The van der Waals surface area contributed by atoms with Gasteiger partial charge in [0.25, 0.3) is 0 Å². The maximum atomic E-state index is 10.7. The lowest BCUT2D eigenvalue weighted by Gasteiger charge is -2.06. The van der Waals surface area contributed by atoms with Crippen molar-refractivity contribution in [2.24, 2.45) is 0 Å². The van der Waals surface area contributed by atoms with Gasteiger partial charge in [-0.15, -0.1) is 0 Å². The van der Waals surface area contributed by atoms with Crippen molar-refractivity contribution in [2.75, 3.05) is 27.3 Å². The number of amides is 1. The summed E-state index contributed by atoms with van der Waals surface area (Å²) in [7, 11) is 3.74. The number of hydrogen-bond acceptors (Lipinski definition) is 2. The van der Waals surface area contributed by atoms with Crippen LogP contribution < -0.4 is 0 Å². The summed E-state index contributed by atoms with van der Waals surface area (Å²) in [5.41, 5.74) is 0. The molecule has 1 aliphatic heterocycles. The molecule has 0 bridgehead atoms. The SMILES string of the molecule is CN1CC(=O)N(C)C1.ClC(Cl)Cl. The number of carbonyl (C=O) groups excluding carboxylic acids is 1. The Morgan fingerprint density at radius 3 is 1.83 bits per heavy atom. The van der Waals surface area contributed by atoms with E-state index in [2.05, 4.69) is 0 Å². The maximum Gasteiger partial charge on any atom is 0.237 e. The lowest BCUT2D eigenvalue weighted by molar-refractivity contribution is -0.125. The molecule has 1 aliphatic rings. The van der Waals surface area contributed by atoms with E-state index in [0.717, 1.165) is 6.67 Å². The first-order chi connectivity index (χ1) is 5.43. The van der Waals surface area contributed by atoms with E-state index < -0.39 is 4.30 Å². The Kier molecular flexibility index (Phi) is 6.01. The molecule has 0 unspecified atom stereocenters. The average molecular weight is 234 g/mol. The van der Waals surface area contributed by atoms with Gasteiger partial charge in [-0.1, -0.05) is 34.8 Å². The monoisotopic (exact) mass is 232 g/mol. The molecule has 0 radical (unpaired) electrons. The van der Waals surface area contributed by atoms with E-state index in [0.29, 0.717) is 6.54 Å². The molecule has 1 amide bonds. The third-order valence-electron chi connectivity index (χ3n) is 1.28. The summed E-state index contributed by atoms with van der Waals surface area (Å²) >= 11 is 14.4. The largest absolute Gasteiger partial charge is 0.332 e. The molecule has 0 aromatic rings. The summed E-state index contributed by atoms with van der Waals surface area (Å²) in [6.45, 7) is 1.36. The number of nitrogens with zero attached hydrogens (tertiary/aromatic N) is 2. The van der Waals surface area contributed by atoms with Crippen molar-refractivity contribution >= 4 is 40.7 Å². The van der Waals surface area contributed by atoms with Gasteiger partial charge in [-0.2, -0.15) is 0 Å². The maximum absolute atomic E-state index is 10.7. The smallest absolute Gasteiger partial charge is 0.237 e. The topological polar surface area (TPSA) is 23.6 Å². The third-order valence-corrected chi connectivity index (χ3v) is 1.28. The molecule has 0 saturated carbocycles.